The molecule has 1 amide bonds. The first kappa shape index (κ1) is 13.8. The van der Waals surface area contributed by atoms with Crippen LogP contribution in [-0.2, 0) is 10.2 Å². The minimum Gasteiger partial charge on any atom is -0.291 e. The van der Waals surface area contributed by atoms with Crippen LogP contribution in [0.15, 0.2) is 22.9 Å². The second-order valence-corrected chi connectivity index (χ2v) is 6.64. The fourth-order valence-corrected chi connectivity index (χ4v) is 3.46. The van der Waals surface area contributed by atoms with E-state index in [1.165, 1.54) is 11.3 Å². The van der Waals surface area contributed by atoms with Gasteiger partial charge < -0.3 is 0 Å². The quantitative estimate of drug-likeness (QED) is 0.769. The first-order chi connectivity index (χ1) is 10.1. The van der Waals surface area contributed by atoms with Crippen molar-refractivity contribution in [2.24, 2.45) is 0 Å². The van der Waals surface area contributed by atoms with Gasteiger partial charge in [0.25, 0.3) is 5.95 Å². The maximum atomic E-state index is 12.4. The van der Waals surface area contributed by atoms with Gasteiger partial charge in [0, 0.05) is 5.38 Å². The van der Waals surface area contributed by atoms with Crippen LogP contribution in [0.2, 0.25) is 0 Å². The Morgan fingerprint density at radius 1 is 1.38 bits per heavy atom. The standard InChI is InChI=1S/C12H12N6OS2/c1-12(2,10(19)14-11-15-17-18-16-11)8-6-21-9(13-8)7-4-3-5-20-7/h3-6H,1-2H3,(H2,14,15,16,17,18,19). The number of nitrogens with one attached hydrogen (secondary N) is 2. The predicted octanol–water partition coefficient (Wildman–Crippen LogP) is 2.30. The Morgan fingerprint density at radius 2 is 2.24 bits per heavy atom. The summed E-state index contributed by atoms with van der Waals surface area (Å²) in [5.41, 5.74) is -0.0657. The highest BCUT2D eigenvalue weighted by Crippen LogP contribution is 2.32. The lowest BCUT2D eigenvalue weighted by atomic mass is 9.89. The summed E-state index contributed by atoms with van der Waals surface area (Å²) < 4.78 is 0. The molecule has 0 saturated carbocycles. The van der Waals surface area contributed by atoms with Crippen LogP contribution in [0.1, 0.15) is 19.5 Å². The van der Waals surface area contributed by atoms with Crippen molar-refractivity contribution in [3.8, 4) is 9.88 Å². The fraction of sp³-hybridized carbons (Fsp3) is 0.250. The Labute approximate surface area is 128 Å². The van der Waals surface area contributed by atoms with E-state index in [0.717, 1.165) is 15.6 Å². The zero-order valence-electron chi connectivity index (χ0n) is 11.3. The van der Waals surface area contributed by atoms with Gasteiger partial charge in [-0.2, -0.15) is 5.21 Å². The molecule has 3 aromatic heterocycles. The van der Waals surface area contributed by atoms with E-state index in [2.05, 4.69) is 30.9 Å². The third-order valence-corrected chi connectivity index (χ3v) is 4.90. The predicted molar refractivity (Wildman–Crippen MR) is 81.3 cm³/mol. The van der Waals surface area contributed by atoms with E-state index < -0.39 is 5.41 Å². The number of anilines is 1. The number of amides is 1. The highest BCUT2D eigenvalue weighted by Gasteiger charge is 2.33. The molecule has 21 heavy (non-hydrogen) atoms. The number of hydrogen-bond acceptors (Lipinski definition) is 7. The number of nitrogens with zero attached hydrogens (tertiary/aromatic N) is 4. The molecule has 0 aromatic carbocycles. The number of aromatic amines is 1. The molecular weight excluding hydrogens is 308 g/mol. The van der Waals surface area contributed by atoms with Gasteiger partial charge in [-0.1, -0.05) is 11.2 Å². The second-order valence-electron chi connectivity index (χ2n) is 4.83. The van der Waals surface area contributed by atoms with Crippen LogP contribution in [0.3, 0.4) is 0 Å². The van der Waals surface area contributed by atoms with E-state index in [1.807, 2.05) is 36.7 Å². The second kappa shape index (κ2) is 5.34. The fourth-order valence-electron chi connectivity index (χ4n) is 1.66. The smallest absolute Gasteiger partial charge is 0.269 e. The number of thiazole rings is 1. The number of tetrazole rings is 1. The molecular formula is C12H12N6OS2. The molecule has 0 fully saturated rings. The molecule has 0 atom stereocenters. The summed E-state index contributed by atoms with van der Waals surface area (Å²) in [5.74, 6) is -0.0753. The van der Waals surface area contributed by atoms with Crippen LogP contribution in [-0.4, -0.2) is 31.5 Å². The maximum absolute atomic E-state index is 12.4. The first-order valence-electron chi connectivity index (χ1n) is 6.12. The maximum Gasteiger partial charge on any atom is 0.269 e. The summed E-state index contributed by atoms with van der Waals surface area (Å²) >= 11 is 3.16. The molecule has 0 saturated heterocycles. The Kier molecular flexibility index (Phi) is 3.52. The summed E-state index contributed by atoms with van der Waals surface area (Å²) in [4.78, 5) is 18.0. The van der Waals surface area contributed by atoms with Crippen molar-refractivity contribution in [3.63, 3.8) is 0 Å². The van der Waals surface area contributed by atoms with E-state index in [-0.39, 0.29) is 11.9 Å². The van der Waals surface area contributed by atoms with E-state index in [0.29, 0.717) is 0 Å². The van der Waals surface area contributed by atoms with Crippen molar-refractivity contribution in [3.05, 3.63) is 28.6 Å². The van der Waals surface area contributed by atoms with Crippen molar-refractivity contribution in [2.45, 2.75) is 19.3 Å². The topological polar surface area (TPSA) is 96.5 Å². The SMILES string of the molecule is CC(C)(C(=O)Nc1nn[nH]n1)c1csc(-c2cccs2)n1. The van der Waals surface area contributed by atoms with Crippen LogP contribution in [0.25, 0.3) is 9.88 Å². The largest absolute Gasteiger partial charge is 0.291 e. The zero-order valence-corrected chi connectivity index (χ0v) is 13.0. The number of carbonyl (C=O) groups excluding carboxylic acids is 1. The van der Waals surface area contributed by atoms with E-state index in [1.54, 1.807) is 11.3 Å². The molecule has 3 rings (SSSR count). The van der Waals surface area contributed by atoms with Gasteiger partial charge in [0.05, 0.1) is 16.0 Å². The molecule has 0 unspecified atom stereocenters. The Balaban J connectivity index is 1.82. The van der Waals surface area contributed by atoms with Gasteiger partial charge in [-0.15, -0.1) is 27.8 Å². The average Bonchev–Trinajstić information content (AvgIpc) is 3.20. The molecule has 0 aliphatic carbocycles. The minimum absolute atomic E-state index is 0.154. The number of carbonyl (C=O) groups is 1. The Hall–Kier alpha value is -2.13. The summed E-state index contributed by atoms with van der Waals surface area (Å²) in [5, 5.41) is 20.6. The van der Waals surface area contributed by atoms with Crippen LogP contribution in [0.4, 0.5) is 5.95 Å². The molecule has 3 heterocycles. The molecule has 0 radical (unpaired) electrons. The lowest BCUT2D eigenvalue weighted by Gasteiger charge is -2.20. The van der Waals surface area contributed by atoms with Gasteiger partial charge in [0.15, 0.2) is 0 Å². The lowest BCUT2D eigenvalue weighted by Crippen LogP contribution is -2.35. The van der Waals surface area contributed by atoms with Gasteiger partial charge in [0.2, 0.25) is 5.91 Å². The summed E-state index contributed by atoms with van der Waals surface area (Å²) in [6.07, 6.45) is 0. The van der Waals surface area contributed by atoms with Crippen molar-refractivity contribution < 1.29 is 4.79 Å². The number of H-pyrrole nitrogens is 1. The van der Waals surface area contributed by atoms with Gasteiger partial charge >= 0.3 is 0 Å². The molecule has 0 bridgehead atoms. The van der Waals surface area contributed by atoms with Crippen molar-refractivity contribution in [2.75, 3.05) is 5.32 Å². The summed E-state index contributed by atoms with van der Waals surface area (Å²) in [7, 11) is 0. The first-order valence-corrected chi connectivity index (χ1v) is 7.88. The third-order valence-electron chi connectivity index (χ3n) is 3.01. The average molecular weight is 320 g/mol. The molecule has 2 N–H and O–H groups in total. The molecule has 7 nitrogen and oxygen atoms in total. The Bertz CT molecular complexity index is 732. The van der Waals surface area contributed by atoms with Gasteiger partial charge in [-0.3, -0.25) is 10.1 Å². The normalized spacial score (nSPS) is 11.5. The highest BCUT2D eigenvalue weighted by molar-refractivity contribution is 7.20. The summed E-state index contributed by atoms with van der Waals surface area (Å²) in [6, 6.07) is 3.99. The molecule has 9 heteroatoms. The molecule has 108 valence electrons. The number of aromatic nitrogens is 5. The van der Waals surface area contributed by atoms with Crippen molar-refractivity contribution in [1.29, 1.82) is 0 Å². The van der Waals surface area contributed by atoms with E-state index >= 15 is 0 Å². The van der Waals surface area contributed by atoms with Crippen molar-refractivity contribution >= 4 is 34.5 Å². The van der Waals surface area contributed by atoms with Crippen LogP contribution in [0.5, 0.6) is 0 Å². The minimum atomic E-state index is -0.785. The monoisotopic (exact) mass is 320 g/mol. The van der Waals surface area contributed by atoms with E-state index in [4.69, 9.17) is 0 Å². The molecule has 0 spiro atoms. The van der Waals surface area contributed by atoms with E-state index in [9.17, 15) is 4.79 Å². The van der Waals surface area contributed by atoms with Crippen LogP contribution in [0, 0.1) is 0 Å². The van der Waals surface area contributed by atoms with Gasteiger partial charge in [-0.05, 0) is 30.5 Å². The molecule has 0 aliphatic rings. The molecule has 3 aromatic rings. The number of thiophene rings is 1. The van der Waals surface area contributed by atoms with Crippen LogP contribution < -0.4 is 5.32 Å². The van der Waals surface area contributed by atoms with Crippen LogP contribution >= 0.6 is 22.7 Å². The Morgan fingerprint density at radius 3 is 2.90 bits per heavy atom. The zero-order chi connectivity index (χ0) is 14.9. The highest BCUT2D eigenvalue weighted by atomic mass is 32.1. The third kappa shape index (κ3) is 2.69. The summed E-state index contributed by atoms with van der Waals surface area (Å²) in [6.45, 7) is 3.63. The van der Waals surface area contributed by atoms with Gasteiger partial charge in [-0.25, -0.2) is 4.98 Å². The van der Waals surface area contributed by atoms with Gasteiger partial charge in [0.1, 0.15) is 5.01 Å². The lowest BCUT2D eigenvalue weighted by molar-refractivity contribution is -0.120. The number of rotatable bonds is 4. The van der Waals surface area contributed by atoms with Crippen molar-refractivity contribution in [1.82, 2.24) is 25.6 Å². The number of hydrogen-bond donors (Lipinski definition) is 2. The molecule has 0 aliphatic heterocycles.